The molecule has 0 aliphatic carbocycles. The van der Waals surface area contributed by atoms with Crippen LogP contribution in [0, 0.1) is 6.92 Å². The van der Waals surface area contributed by atoms with E-state index >= 15 is 0 Å². The predicted octanol–water partition coefficient (Wildman–Crippen LogP) is 3.90. The molecule has 0 fully saturated rings. The van der Waals surface area contributed by atoms with E-state index in [1.165, 1.54) is 35.8 Å². The van der Waals surface area contributed by atoms with Gasteiger partial charge in [0.15, 0.2) is 0 Å². The lowest BCUT2D eigenvalue weighted by molar-refractivity contribution is 0.0959. The van der Waals surface area contributed by atoms with Gasteiger partial charge in [-0.3, -0.25) is 4.79 Å². The van der Waals surface area contributed by atoms with E-state index < -0.39 is 0 Å². The standard InChI is InChI=1S/C19H16N2O3S/c1-12-2-4-13(5-3-12)16-8-9-25-18(16)19(24)21-20-11-14-6-7-15(22)10-17(14)23/h2-11,22-23H,1H3,(H,21,24)/b20-11+. The third-order valence-corrected chi connectivity index (χ3v) is 4.53. The molecular weight excluding hydrogens is 336 g/mol. The number of nitrogens with zero attached hydrogens (tertiary/aromatic N) is 1. The average Bonchev–Trinajstić information content (AvgIpc) is 3.07. The number of hydrazone groups is 1. The molecule has 0 radical (unpaired) electrons. The van der Waals surface area contributed by atoms with Crippen molar-refractivity contribution < 1.29 is 15.0 Å². The van der Waals surface area contributed by atoms with Crippen molar-refractivity contribution in [3.8, 4) is 22.6 Å². The molecule has 6 heteroatoms. The van der Waals surface area contributed by atoms with Crippen molar-refractivity contribution in [1.29, 1.82) is 0 Å². The number of hydrogen-bond acceptors (Lipinski definition) is 5. The Morgan fingerprint density at radius 3 is 2.60 bits per heavy atom. The molecule has 0 saturated heterocycles. The highest BCUT2D eigenvalue weighted by atomic mass is 32.1. The summed E-state index contributed by atoms with van der Waals surface area (Å²) in [5.74, 6) is -0.477. The Kier molecular flexibility index (Phi) is 4.81. The smallest absolute Gasteiger partial charge is 0.282 e. The fourth-order valence-electron chi connectivity index (χ4n) is 2.30. The monoisotopic (exact) mass is 352 g/mol. The van der Waals surface area contributed by atoms with Crippen LogP contribution in [0.4, 0.5) is 0 Å². The van der Waals surface area contributed by atoms with E-state index in [2.05, 4.69) is 10.5 Å². The molecule has 0 spiro atoms. The van der Waals surface area contributed by atoms with Gasteiger partial charge in [0, 0.05) is 17.2 Å². The highest BCUT2D eigenvalue weighted by molar-refractivity contribution is 7.12. The van der Waals surface area contributed by atoms with Crippen LogP contribution in [0.5, 0.6) is 11.5 Å². The van der Waals surface area contributed by atoms with Gasteiger partial charge in [-0.25, -0.2) is 5.43 Å². The van der Waals surface area contributed by atoms with Crippen LogP contribution in [-0.2, 0) is 0 Å². The molecule has 25 heavy (non-hydrogen) atoms. The van der Waals surface area contributed by atoms with E-state index in [0.717, 1.165) is 16.7 Å². The van der Waals surface area contributed by atoms with Gasteiger partial charge < -0.3 is 10.2 Å². The van der Waals surface area contributed by atoms with Gasteiger partial charge in [-0.1, -0.05) is 29.8 Å². The molecule has 1 aromatic heterocycles. The summed E-state index contributed by atoms with van der Waals surface area (Å²) in [6, 6.07) is 14.0. The number of thiophene rings is 1. The highest BCUT2D eigenvalue weighted by Crippen LogP contribution is 2.28. The van der Waals surface area contributed by atoms with Gasteiger partial charge in [0.1, 0.15) is 16.4 Å². The first kappa shape index (κ1) is 16.7. The summed E-state index contributed by atoms with van der Waals surface area (Å²) in [5, 5.41) is 24.7. The van der Waals surface area contributed by atoms with Crippen molar-refractivity contribution in [3.63, 3.8) is 0 Å². The van der Waals surface area contributed by atoms with Crippen molar-refractivity contribution in [1.82, 2.24) is 5.43 Å². The predicted molar refractivity (Wildman–Crippen MR) is 99.3 cm³/mol. The van der Waals surface area contributed by atoms with Gasteiger partial charge in [-0.15, -0.1) is 11.3 Å². The molecule has 0 saturated carbocycles. The Bertz CT molecular complexity index is 930. The Hall–Kier alpha value is -3.12. The molecule has 3 rings (SSSR count). The maximum Gasteiger partial charge on any atom is 0.282 e. The number of phenols is 2. The number of amides is 1. The van der Waals surface area contributed by atoms with Gasteiger partial charge in [-0.05, 0) is 36.1 Å². The second-order valence-corrected chi connectivity index (χ2v) is 6.39. The molecule has 2 aromatic carbocycles. The van der Waals surface area contributed by atoms with Crippen LogP contribution in [-0.4, -0.2) is 22.3 Å². The first-order valence-corrected chi connectivity index (χ1v) is 8.42. The molecule has 126 valence electrons. The van der Waals surface area contributed by atoms with E-state index in [1.54, 1.807) is 0 Å². The van der Waals surface area contributed by atoms with Crippen LogP contribution in [0.25, 0.3) is 11.1 Å². The van der Waals surface area contributed by atoms with E-state index in [4.69, 9.17) is 0 Å². The Morgan fingerprint density at radius 1 is 1.12 bits per heavy atom. The summed E-state index contributed by atoms with van der Waals surface area (Å²) in [6.07, 6.45) is 1.33. The largest absolute Gasteiger partial charge is 0.508 e. The number of aryl methyl sites for hydroxylation is 1. The highest BCUT2D eigenvalue weighted by Gasteiger charge is 2.14. The zero-order valence-electron chi connectivity index (χ0n) is 13.4. The van der Waals surface area contributed by atoms with Crippen molar-refractivity contribution in [3.05, 3.63) is 69.9 Å². The fraction of sp³-hybridized carbons (Fsp3) is 0.0526. The molecule has 0 aliphatic heterocycles. The number of carbonyl (C=O) groups excluding carboxylic acids is 1. The van der Waals surface area contributed by atoms with E-state index in [1.807, 2.05) is 42.6 Å². The quantitative estimate of drug-likeness (QED) is 0.492. The Morgan fingerprint density at radius 2 is 1.88 bits per heavy atom. The SMILES string of the molecule is Cc1ccc(-c2ccsc2C(=O)N/N=C/c2ccc(O)cc2O)cc1. The number of rotatable bonds is 4. The van der Waals surface area contributed by atoms with E-state index in [-0.39, 0.29) is 17.4 Å². The second kappa shape index (κ2) is 7.19. The minimum Gasteiger partial charge on any atom is -0.508 e. The molecule has 0 unspecified atom stereocenters. The number of carbonyl (C=O) groups is 1. The summed E-state index contributed by atoms with van der Waals surface area (Å²) in [6.45, 7) is 2.01. The molecule has 0 aliphatic rings. The zero-order chi connectivity index (χ0) is 17.8. The molecule has 0 atom stereocenters. The van der Waals surface area contributed by atoms with Crippen LogP contribution >= 0.6 is 11.3 Å². The van der Waals surface area contributed by atoms with Gasteiger partial charge in [0.05, 0.1) is 6.21 Å². The lowest BCUT2D eigenvalue weighted by atomic mass is 10.1. The fourth-order valence-corrected chi connectivity index (χ4v) is 3.10. The topological polar surface area (TPSA) is 81.9 Å². The number of phenolic OH excluding ortho intramolecular Hbond substituents is 2. The third kappa shape index (κ3) is 3.87. The van der Waals surface area contributed by atoms with Crippen molar-refractivity contribution in [2.24, 2.45) is 5.10 Å². The molecule has 0 bridgehead atoms. The molecule has 3 aromatic rings. The van der Waals surface area contributed by atoms with E-state index in [9.17, 15) is 15.0 Å². The van der Waals surface area contributed by atoms with Gasteiger partial charge in [-0.2, -0.15) is 5.10 Å². The molecular formula is C19H16N2O3S. The second-order valence-electron chi connectivity index (χ2n) is 5.47. The van der Waals surface area contributed by atoms with Crippen LogP contribution < -0.4 is 5.43 Å². The Labute approximate surface area is 148 Å². The normalized spacial score (nSPS) is 10.9. The minimum absolute atomic E-state index is 0.0417. The summed E-state index contributed by atoms with van der Waals surface area (Å²) in [4.78, 5) is 12.9. The zero-order valence-corrected chi connectivity index (χ0v) is 14.2. The molecule has 3 N–H and O–H groups in total. The lowest BCUT2D eigenvalue weighted by Crippen LogP contribution is -2.17. The van der Waals surface area contributed by atoms with Crippen molar-refractivity contribution >= 4 is 23.5 Å². The maximum atomic E-state index is 12.4. The van der Waals surface area contributed by atoms with Gasteiger partial charge in [0.25, 0.3) is 5.91 Å². The van der Waals surface area contributed by atoms with Crippen LogP contribution in [0.3, 0.4) is 0 Å². The molecule has 1 amide bonds. The molecule has 1 heterocycles. The van der Waals surface area contributed by atoms with E-state index in [0.29, 0.717) is 10.4 Å². The average molecular weight is 352 g/mol. The summed E-state index contributed by atoms with van der Waals surface area (Å²) in [5.41, 5.74) is 5.83. The minimum atomic E-state index is -0.319. The lowest BCUT2D eigenvalue weighted by Gasteiger charge is -2.04. The first-order chi connectivity index (χ1) is 12.0. The number of hydrogen-bond donors (Lipinski definition) is 3. The van der Waals surface area contributed by atoms with Crippen molar-refractivity contribution in [2.45, 2.75) is 6.92 Å². The van der Waals surface area contributed by atoms with Crippen LogP contribution in [0.1, 0.15) is 20.8 Å². The molecule has 5 nitrogen and oxygen atoms in total. The number of nitrogens with one attached hydrogen (secondary N) is 1. The van der Waals surface area contributed by atoms with Crippen LogP contribution in [0.2, 0.25) is 0 Å². The van der Waals surface area contributed by atoms with Crippen LogP contribution in [0.15, 0.2) is 59.0 Å². The maximum absolute atomic E-state index is 12.4. The summed E-state index contributed by atoms with van der Waals surface area (Å²) in [7, 11) is 0. The summed E-state index contributed by atoms with van der Waals surface area (Å²) < 4.78 is 0. The first-order valence-electron chi connectivity index (χ1n) is 7.54. The summed E-state index contributed by atoms with van der Waals surface area (Å²) >= 11 is 1.34. The third-order valence-electron chi connectivity index (χ3n) is 3.62. The Balaban J connectivity index is 1.75. The van der Waals surface area contributed by atoms with Gasteiger partial charge >= 0.3 is 0 Å². The number of benzene rings is 2. The van der Waals surface area contributed by atoms with Crippen molar-refractivity contribution in [2.75, 3.05) is 0 Å². The number of aromatic hydroxyl groups is 2. The van der Waals surface area contributed by atoms with Gasteiger partial charge in [0.2, 0.25) is 0 Å².